The Labute approximate surface area is 188 Å². The van der Waals surface area contributed by atoms with E-state index in [0.717, 1.165) is 4.90 Å². The number of benzene rings is 3. The van der Waals surface area contributed by atoms with E-state index in [1.165, 1.54) is 11.8 Å². The summed E-state index contributed by atoms with van der Waals surface area (Å²) >= 11 is 13.2. The molecule has 0 aliphatic rings. The molecule has 0 atom stereocenters. The van der Waals surface area contributed by atoms with Gasteiger partial charge in [0.25, 0.3) is 5.91 Å². The van der Waals surface area contributed by atoms with Crippen LogP contribution in [0.5, 0.6) is 5.75 Å². The van der Waals surface area contributed by atoms with Gasteiger partial charge in [-0.25, -0.2) is 0 Å². The number of anilines is 2. The summed E-state index contributed by atoms with van der Waals surface area (Å²) in [6, 6.07) is 19.1. The lowest BCUT2D eigenvalue weighted by molar-refractivity contribution is -0.113. The van der Waals surface area contributed by atoms with Gasteiger partial charge in [-0.05, 0) is 60.7 Å². The van der Waals surface area contributed by atoms with Crippen molar-refractivity contribution in [2.75, 3.05) is 23.5 Å². The number of ether oxygens (including phenoxy) is 1. The van der Waals surface area contributed by atoms with Crippen molar-refractivity contribution in [1.29, 1.82) is 0 Å². The van der Waals surface area contributed by atoms with Crippen molar-refractivity contribution in [2.24, 2.45) is 0 Å². The van der Waals surface area contributed by atoms with E-state index < -0.39 is 0 Å². The maximum Gasteiger partial charge on any atom is 0.255 e. The van der Waals surface area contributed by atoms with Crippen LogP contribution < -0.4 is 15.4 Å². The maximum atomic E-state index is 12.4. The Hall–Kier alpha value is -2.67. The van der Waals surface area contributed by atoms with Gasteiger partial charge in [0.1, 0.15) is 5.75 Å². The van der Waals surface area contributed by atoms with Crippen molar-refractivity contribution < 1.29 is 14.3 Å². The normalized spacial score (nSPS) is 10.4. The number of thioether (sulfide) groups is 1. The standard InChI is InChI=1S/C22H18Cl2N2O3S/c1-29-17-8-5-14(6-9-17)22(28)26-15-3-2-4-18(11-15)30-13-21(27)25-16-7-10-19(23)20(24)12-16/h2-12H,13H2,1H3,(H,25,27)(H,26,28). The van der Waals surface area contributed by atoms with Gasteiger partial charge in [0.15, 0.2) is 0 Å². The zero-order chi connectivity index (χ0) is 21.5. The predicted molar refractivity (Wildman–Crippen MR) is 123 cm³/mol. The molecule has 0 unspecified atom stereocenters. The summed E-state index contributed by atoms with van der Waals surface area (Å²) in [6.45, 7) is 0. The van der Waals surface area contributed by atoms with Crippen LogP contribution in [0.3, 0.4) is 0 Å². The third-order valence-corrected chi connectivity index (χ3v) is 5.75. The van der Waals surface area contributed by atoms with Gasteiger partial charge in [0, 0.05) is 21.8 Å². The molecule has 2 amide bonds. The Kier molecular flexibility index (Phi) is 7.63. The molecule has 3 rings (SSSR count). The van der Waals surface area contributed by atoms with E-state index in [0.29, 0.717) is 32.7 Å². The minimum Gasteiger partial charge on any atom is -0.497 e. The SMILES string of the molecule is COc1ccc(C(=O)Nc2cccc(SCC(=O)Nc3ccc(Cl)c(Cl)c3)c2)cc1. The van der Waals surface area contributed by atoms with Crippen LogP contribution >= 0.6 is 35.0 Å². The van der Waals surface area contributed by atoms with Crippen molar-refractivity contribution in [3.05, 3.63) is 82.3 Å². The Bertz CT molecular complexity index is 1060. The molecule has 8 heteroatoms. The first kappa shape index (κ1) is 22.0. The molecule has 154 valence electrons. The highest BCUT2D eigenvalue weighted by Crippen LogP contribution is 2.26. The largest absolute Gasteiger partial charge is 0.497 e. The molecular weight excluding hydrogens is 443 g/mol. The van der Waals surface area contributed by atoms with Crippen LogP contribution in [0.2, 0.25) is 10.0 Å². The molecule has 0 saturated heterocycles. The Morgan fingerprint density at radius 2 is 1.63 bits per heavy atom. The molecule has 0 aliphatic carbocycles. The van der Waals surface area contributed by atoms with E-state index in [2.05, 4.69) is 10.6 Å². The van der Waals surface area contributed by atoms with Gasteiger partial charge in [-0.1, -0.05) is 29.3 Å². The molecule has 0 heterocycles. The number of carbonyl (C=O) groups excluding carboxylic acids is 2. The Morgan fingerprint density at radius 3 is 2.33 bits per heavy atom. The maximum absolute atomic E-state index is 12.4. The van der Waals surface area contributed by atoms with Gasteiger partial charge in [-0.15, -0.1) is 11.8 Å². The second-order valence-corrected chi connectivity index (χ2v) is 8.04. The van der Waals surface area contributed by atoms with E-state index in [9.17, 15) is 9.59 Å². The average Bonchev–Trinajstić information content (AvgIpc) is 2.75. The number of hydrogen-bond donors (Lipinski definition) is 2. The summed E-state index contributed by atoms with van der Waals surface area (Å²) in [5.74, 6) is 0.489. The summed E-state index contributed by atoms with van der Waals surface area (Å²) < 4.78 is 5.10. The second-order valence-electron chi connectivity index (χ2n) is 6.18. The van der Waals surface area contributed by atoms with Crippen LogP contribution in [-0.2, 0) is 4.79 Å². The van der Waals surface area contributed by atoms with Crippen molar-refractivity contribution in [3.63, 3.8) is 0 Å². The molecule has 3 aromatic rings. The number of amides is 2. The van der Waals surface area contributed by atoms with Gasteiger partial charge in [-0.2, -0.15) is 0 Å². The number of methoxy groups -OCH3 is 1. The van der Waals surface area contributed by atoms with E-state index in [-0.39, 0.29) is 17.6 Å². The molecule has 0 fully saturated rings. The first-order chi connectivity index (χ1) is 14.4. The highest BCUT2D eigenvalue weighted by Gasteiger charge is 2.09. The van der Waals surface area contributed by atoms with E-state index in [4.69, 9.17) is 27.9 Å². The van der Waals surface area contributed by atoms with Gasteiger partial charge in [0.05, 0.1) is 22.9 Å². The van der Waals surface area contributed by atoms with Crippen LogP contribution in [0.25, 0.3) is 0 Å². The number of halogens is 2. The fraction of sp³-hybridized carbons (Fsp3) is 0.0909. The third-order valence-electron chi connectivity index (χ3n) is 4.02. The summed E-state index contributed by atoms with van der Waals surface area (Å²) in [4.78, 5) is 25.5. The smallest absolute Gasteiger partial charge is 0.255 e. The van der Waals surface area contributed by atoms with Crippen molar-refractivity contribution >= 4 is 58.2 Å². The number of carbonyl (C=O) groups is 2. The highest BCUT2D eigenvalue weighted by molar-refractivity contribution is 8.00. The topological polar surface area (TPSA) is 67.4 Å². The molecule has 0 saturated carbocycles. The van der Waals surface area contributed by atoms with Crippen LogP contribution in [0.15, 0.2) is 71.6 Å². The monoisotopic (exact) mass is 460 g/mol. The molecule has 0 aliphatic heterocycles. The molecule has 0 aromatic heterocycles. The third kappa shape index (κ3) is 6.16. The fourth-order valence-corrected chi connectivity index (χ4v) is 3.58. The van der Waals surface area contributed by atoms with Crippen molar-refractivity contribution in [1.82, 2.24) is 0 Å². The van der Waals surface area contributed by atoms with Crippen LogP contribution in [0, 0.1) is 0 Å². The molecule has 0 spiro atoms. The minimum absolute atomic E-state index is 0.175. The fourth-order valence-electron chi connectivity index (χ4n) is 2.53. The van der Waals surface area contributed by atoms with Gasteiger partial charge < -0.3 is 15.4 Å². The van der Waals surface area contributed by atoms with Gasteiger partial charge in [-0.3, -0.25) is 9.59 Å². The van der Waals surface area contributed by atoms with E-state index >= 15 is 0 Å². The average molecular weight is 461 g/mol. The number of nitrogens with one attached hydrogen (secondary N) is 2. The van der Waals surface area contributed by atoms with Crippen molar-refractivity contribution in [3.8, 4) is 5.75 Å². The molecular formula is C22H18Cl2N2O3S. The van der Waals surface area contributed by atoms with Gasteiger partial charge in [0.2, 0.25) is 5.91 Å². The van der Waals surface area contributed by atoms with Crippen LogP contribution in [0.4, 0.5) is 11.4 Å². The molecule has 3 aromatic carbocycles. The van der Waals surface area contributed by atoms with Gasteiger partial charge >= 0.3 is 0 Å². The lowest BCUT2D eigenvalue weighted by atomic mass is 10.2. The van der Waals surface area contributed by atoms with Crippen LogP contribution in [-0.4, -0.2) is 24.7 Å². The van der Waals surface area contributed by atoms with E-state index in [1.807, 2.05) is 18.2 Å². The summed E-state index contributed by atoms with van der Waals surface area (Å²) in [6.07, 6.45) is 0. The zero-order valence-corrected chi connectivity index (χ0v) is 18.3. The number of rotatable bonds is 7. The first-order valence-corrected chi connectivity index (χ1v) is 10.6. The van der Waals surface area contributed by atoms with E-state index in [1.54, 1.807) is 55.6 Å². The first-order valence-electron chi connectivity index (χ1n) is 8.88. The minimum atomic E-state index is -0.225. The predicted octanol–water partition coefficient (Wildman–Crippen LogP) is 5.99. The Balaban J connectivity index is 1.56. The Morgan fingerprint density at radius 1 is 0.900 bits per heavy atom. The highest BCUT2D eigenvalue weighted by atomic mass is 35.5. The number of hydrogen-bond acceptors (Lipinski definition) is 4. The molecule has 30 heavy (non-hydrogen) atoms. The van der Waals surface area contributed by atoms with Crippen LogP contribution in [0.1, 0.15) is 10.4 Å². The zero-order valence-electron chi connectivity index (χ0n) is 15.9. The summed E-state index contributed by atoms with van der Waals surface area (Å²) in [5, 5.41) is 6.43. The summed E-state index contributed by atoms with van der Waals surface area (Å²) in [7, 11) is 1.57. The molecule has 2 N–H and O–H groups in total. The second kappa shape index (κ2) is 10.4. The molecule has 5 nitrogen and oxygen atoms in total. The lowest BCUT2D eigenvalue weighted by Gasteiger charge is -2.09. The van der Waals surface area contributed by atoms with Crippen molar-refractivity contribution in [2.45, 2.75) is 4.90 Å². The quantitative estimate of drug-likeness (QED) is 0.425. The summed E-state index contributed by atoms with van der Waals surface area (Å²) in [5.41, 5.74) is 1.75. The lowest BCUT2D eigenvalue weighted by Crippen LogP contribution is -2.14. The molecule has 0 radical (unpaired) electrons. The molecule has 0 bridgehead atoms.